The molecule has 2 aromatic rings. The fourth-order valence-corrected chi connectivity index (χ4v) is 1.73. The van der Waals surface area contributed by atoms with Crippen LogP contribution < -0.4 is 16.0 Å². The van der Waals surface area contributed by atoms with Gasteiger partial charge in [0.15, 0.2) is 0 Å². The molecule has 1 heterocycles. The van der Waals surface area contributed by atoms with Crippen molar-refractivity contribution in [2.24, 2.45) is 0 Å². The number of aromatic nitrogens is 2. The lowest BCUT2D eigenvalue weighted by atomic mass is 10.1. The SMILES string of the molecule is COc1cccc(-c2c(C)[nH]c(=O)[nH]c2=O)c1. The van der Waals surface area contributed by atoms with Gasteiger partial charge in [0.25, 0.3) is 5.56 Å². The number of rotatable bonds is 2. The van der Waals surface area contributed by atoms with Crippen LogP contribution in [0.1, 0.15) is 5.69 Å². The van der Waals surface area contributed by atoms with Crippen molar-refractivity contribution in [3.05, 3.63) is 50.8 Å². The van der Waals surface area contributed by atoms with Gasteiger partial charge in [-0.1, -0.05) is 12.1 Å². The molecule has 0 spiro atoms. The number of benzene rings is 1. The minimum Gasteiger partial charge on any atom is -0.497 e. The Morgan fingerprint density at radius 1 is 1.18 bits per heavy atom. The molecular weight excluding hydrogens is 220 g/mol. The largest absolute Gasteiger partial charge is 0.497 e. The third kappa shape index (κ3) is 2.13. The van der Waals surface area contributed by atoms with Gasteiger partial charge in [-0.05, 0) is 24.6 Å². The Kier molecular flexibility index (Phi) is 2.82. The third-order valence-corrected chi connectivity index (χ3v) is 2.49. The third-order valence-electron chi connectivity index (χ3n) is 2.49. The molecule has 1 aromatic heterocycles. The van der Waals surface area contributed by atoms with E-state index in [-0.39, 0.29) is 0 Å². The van der Waals surface area contributed by atoms with Crippen LogP contribution in [0.25, 0.3) is 11.1 Å². The lowest BCUT2D eigenvalue weighted by Crippen LogP contribution is -2.24. The van der Waals surface area contributed by atoms with Crippen LogP contribution in [0.4, 0.5) is 0 Å². The van der Waals surface area contributed by atoms with E-state index < -0.39 is 11.2 Å². The van der Waals surface area contributed by atoms with Crippen LogP contribution in [0.5, 0.6) is 5.75 Å². The smallest absolute Gasteiger partial charge is 0.325 e. The Morgan fingerprint density at radius 2 is 1.94 bits per heavy atom. The Morgan fingerprint density at radius 3 is 2.59 bits per heavy atom. The van der Waals surface area contributed by atoms with Crippen molar-refractivity contribution in [3.63, 3.8) is 0 Å². The van der Waals surface area contributed by atoms with Crippen molar-refractivity contribution in [1.82, 2.24) is 9.97 Å². The van der Waals surface area contributed by atoms with Crippen LogP contribution in [0.3, 0.4) is 0 Å². The lowest BCUT2D eigenvalue weighted by Gasteiger charge is -2.06. The van der Waals surface area contributed by atoms with Gasteiger partial charge in [-0.2, -0.15) is 0 Å². The molecule has 1 aromatic carbocycles. The summed E-state index contributed by atoms with van der Waals surface area (Å²) in [6, 6.07) is 7.12. The van der Waals surface area contributed by atoms with E-state index in [1.54, 1.807) is 38.3 Å². The van der Waals surface area contributed by atoms with Crippen LogP contribution in [0, 0.1) is 6.92 Å². The zero-order valence-electron chi connectivity index (χ0n) is 9.53. The van der Waals surface area contributed by atoms with Gasteiger partial charge in [0.1, 0.15) is 5.75 Å². The maximum atomic E-state index is 11.7. The number of hydrogen-bond donors (Lipinski definition) is 2. The summed E-state index contributed by atoms with van der Waals surface area (Å²) >= 11 is 0. The number of nitrogens with one attached hydrogen (secondary N) is 2. The summed E-state index contributed by atoms with van der Waals surface area (Å²) in [6.45, 7) is 1.69. The molecule has 0 atom stereocenters. The molecular formula is C12H12N2O3. The Bertz CT molecular complexity index is 655. The fraction of sp³-hybridized carbons (Fsp3) is 0.167. The zero-order chi connectivity index (χ0) is 12.4. The highest BCUT2D eigenvalue weighted by molar-refractivity contribution is 5.66. The summed E-state index contributed by atoms with van der Waals surface area (Å²) in [5.74, 6) is 0.660. The van der Waals surface area contributed by atoms with Crippen LogP contribution in [0.2, 0.25) is 0 Å². The summed E-state index contributed by atoms with van der Waals surface area (Å²) in [4.78, 5) is 27.6. The average molecular weight is 232 g/mol. The van der Waals surface area contributed by atoms with Crippen molar-refractivity contribution >= 4 is 0 Å². The monoisotopic (exact) mass is 232 g/mol. The quantitative estimate of drug-likeness (QED) is 0.812. The van der Waals surface area contributed by atoms with Crippen molar-refractivity contribution < 1.29 is 4.74 Å². The molecule has 0 aliphatic rings. The molecule has 0 aliphatic carbocycles. The van der Waals surface area contributed by atoms with Gasteiger partial charge in [0, 0.05) is 5.69 Å². The molecule has 88 valence electrons. The van der Waals surface area contributed by atoms with Crippen LogP contribution >= 0.6 is 0 Å². The number of methoxy groups -OCH3 is 1. The molecule has 2 rings (SSSR count). The molecule has 0 radical (unpaired) electrons. The summed E-state index contributed by atoms with van der Waals surface area (Å²) in [5.41, 5.74) is 0.786. The molecule has 0 amide bonds. The second kappa shape index (κ2) is 4.29. The molecule has 0 fully saturated rings. The first-order valence-electron chi connectivity index (χ1n) is 5.09. The number of H-pyrrole nitrogens is 2. The van der Waals surface area contributed by atoms with Crippen LogP contribution in [-0.2, 0) is 0 Å². The van der Waals surface area contributed by atoms with E-state index in [1.165, 1.54) is 0 Å². The normalized spacial score (nSPS) is 10.2. The first kappa shape index (κ1) is 11.2. The van der Waals surface area contributed by atoms with Gasteiger partial charge in [0.05, 0.1) is 12.7 Å². The van der Waals surface area contributed by atoms with Crippen molar-refractivity contribution in [3.8, 4) is 16.9 Å². The van der Waals surface area contributed by atoms with Crippen molar-refractivity contribution in [2.45, 2.75) is 6.92 Å². The minimum absolute atomic E-state index is 0.403. The number of hydrogen-bond acceptors (Lipinski definition) is 3. The van der Waals surface area contributed by atoms with Gasteiger partial charge in [-0.25, -0.2) is 4.79 Å². The van der Waals surface area contributed by atoms with Gasteiger partial charge in [-0.3, -0.25) is 9.78 Å². The predicted octanol–water partition coefficient (Wildman–Crippen LogP) is 1.05. The van der Waals surface area contributed by atoms with Crippen LogP contribution in [-0.4, -0.2) is 17.1 Å². The second-order valence-corrected chi connectivity index (χ2v) is 3.64. The molecule has 0 unspecified atom stereocenters. The van der Waals surface area contributed by atoms with E-state index in [0.717, 1.165) is 0 Å². The van der Waals surface area contributed by atoms with Gasteiger partial charge in [-0.15, -0.1) is 0 Å². The van der Waals surface area contributed by atoms with Gasteiger partial charge in [0.2, 0.25) is 0 Å². The summed E-state index contributed by atoms with van der Waals surface area (Å²) < 4.78 is 5.10. The van der Waals surface area contributed by atoms with Crippen molar-refractivity contribution in [1.29, 1.82) is 0 Å². The number of ether oxygens (including phenoxy) is 1. The van der Waals surface area contributed by atoms with E-state index in [1.807, 2.05) is 0 Å². The Hall–Kier alpha value is -2.30. The molecule has 2 N–H and O–H groups in total. The fourth-order valence-electron chi connectivity index (χ4n) is 1.73. The molecule has 17 heavy (non-hydrogen) atoms. The lowest BCUT2D eigenvalue weighted by molar-refractivity contribution is 0.415. The summed E-state index contributed by atoms with van der Waals surface area (Å²) in [6.07, 6.45) is 0. The predicted molar refractivity (Wildman–Crippen MR) is 64.4 cm³/mol. The molecule has 0 saturated carbocycles. The molecule has 0 saturated heterocycles. The number of aromatic amines is 2. The van der Waals surface area contributed by atoms with E-state index in [4.69, 9.17) is 4.74 Å². The first-order valence-corrected chi connectivity index (χ1v) is 5.09. The van der Waals surface area contributed by atoms with Crippen molar-refractivity contribution in [2.75, 3.05) is 7.11 Å². The van der Waals surface area contributed by atoms with E-state index in [9.17, 15) is 9.59 Å². The van der Waals surface area contributed by atoms with Gasteiger partial charge < -0.3 is 9.72 Å². The summed E-state index contributed by atoms with van der Waals surface area (Å²) in [7, 11) is 1.56. The van der Waals surface area contributed by atoms with Crippen LogP contribution in [0.15, 0.2) is 33.9 Å². The Balaban J connectivity index is 2.68. The molecule has 0 aliphatic heterocycles. The standard InChI is InChI=1S/C12H12N2O3/c1-7-10(11(15)14-12(16)13-7)8-4-3-5-9(6-8)17-2/h3-6H,1-2H3,(H2,13,14,15,16). The molecule has 5 heteroatoms. The maximum Gasteiger partial charge on any atom is 0.325 e. The zero-order valence-corrected chi connectivity index (χ0v) is 9.53. The highest BCUT2D eigenvalue weighted by Gasteiger charge is 2.08. The molecule has 0 bridgehead atoms. The van der Waals surface area contributed by atoms with Gasteiger partial charge >= 0.3 is 5.69 Å². The highest BCUT2D eigenvalue weighted by Crippen LogP contribution is 2.21. The topological polar surface area (TPSA) is 75.0 Å². The highest BCUT2D eigenvalue weighted by atomic mass is 16.5. The number of aryl methyl sites for hydroxylation is 1. The molecule has 5 nitrogen and oxygen atoms in total. The summed E-state index contributed by atoms with van der Waals surface area (Å²) in [5, 5.41) is 0. The van der Waals surface area contributed by atoms with E-state index >= 15 is 0 Å². The average Bonchev–Trinajstić information content (AvgIpc) is 2.28. The minimum atomic E-state index is -0.501. The van der Waals surface area contributed by atoms with E-state index in [0.29, 0.717) is 22.6 Å². The Labute approximate surface area is 97.1 Å². The first-order chi connectivity index (χ1) is 8.11. The maximum absolute atomic E-state index is 11.7. The van der Waals surface area contributed by atoms with E-state index in [2.05, 4.69) is 9.97 Å². The second-order valence-electron chi connectivity index (χ2n) is 3.64.